The van der Waals surface area contributed by atoms with E-state index in [2.05, 4.69) is 0 Å². The third-order valence-electron chi connectivity index (χ3n) is 1.06. The van der Waals surface area contributed by atoms with E-state index in [0.29, 0.717) is 0 Å². The van der Waals surface area contributed by atoms with Crippen LogP contribution in [0.3, 0.4) is 0 Å². The Morgan fingerprint density at radius 3 is 2.09 bits per heavy atom. The molecule has 54 valence electrons. The van der Waals surface area contributed by atoms with E-state index in [-0.39, 0.29) is 41.0 Å². The van der Waals surface area contributed by atoms with Gasteiger partial charge in [-0.1, -0.05) is 0 Å². The second kappa shape index (κ2) is 4.33. The van der Waals surface area contributed by atoms with Gasteiger partial charge in [-0.2, -0.15) is 0 Å². The standard InChI is InChI=1S/C6H5NO3.Na.H/c8-6-3-1-5(2-4-6)7(9)10;;/h1-4,8H;;. The van der Waals surface area contributed by atoms with Gasteiger partial charge in [0.1, 0.15) is 5.75 Å². The monoisotopic (exact) mass is 163 g/mol. The van der Waals surface area contributed by atoms with Gasteiger partial charge in [0.15, 0.2) is 0 Å². The van der Waals surface area contributed by atoms with E-state index >= 15 is 0 Å². The molecule has 0 aliphatic rings. The number of phenols is 1. The van der Waals surface area contributed by atoms with Crippen LogP contribution in [0.25, 0.3) is 0 Å². The number of benzene rings is 1. The predicted molar refractivity (Wildman–Crippen MR) is 41.9 cm³/mol. The molecule has 0 bridgehead atoms. The Kier molecular flexibility index (Phi) is 4.10. The van der Waals surface area contributed by atoms with Crippen LogP contribution in [-0.2, 0) is 0 Å². The molecule has 0 aromatic heterocycles. The summed E-state index contributed by atoms with van der Waals surface area (Å²) in [6.07, 6.45) is 0. The van der Waals surface area contributed by atoms with Gasteiger partial charge in [0.2, 0.25) is 0 Å². The number of hydrogen-bond acceptors (Lipinski definition) is 3. The van der Waals surface area contributed by atoms with E-state index < -0.39 is 4.92 Å². The third-order valence-corrected chi connectivity index (χ3v) is 1.06. The van der Waals surface area contributed by atoms with Crippen molar-refractivity contribution >= 4 is 35.2 Å². The molecule has 0 radical (unpaired) electrons. The number of aromatic hydroxyl groups is 1. The van der Waals surface area contributed by atoms with E-state index in [4.69, 9.17) is 5.11 Å². The molecule has 0 unspecified atom stereocenters. The van der Waals surface area contributed by atoms with Crippen molar-refractivity contribution in [1.29, 1.82) is 0 Å². The van der Waals surface area contributed by atoms with Gasteiger partial charge in [0.05, 0.1) is 4.92 Å². The fourth-order valence-corrected chi connectivity index (χ4v) is 0.574. The molecule has 0 fully saturated rings. The third kappa shape index (κ3) is 2.88. The van der Waals surface area contributed by atoms with E-state index in [0.717, 1.165) is 0 Å². The molecular weight excluding hydrogens is 157 g/mol. The van der Waals surface area contributed by atoms with Crippen molar-refractivity contribution in [2.75, 3.05) is 0 Å². The van der Waals surface area contributed by atoms with Crippen LogP contribution in [0, 0.1) is 10.1 Å². The second-order valence-electron chi connectivity index (χ2n) is 1.77. The molecule has 0 atom stereocenters. The van der Waals surface area contributed by atoms with Crippen LogP contribution < -0.4 is 0 Å². The summed E-state index contributed by atoms with van der Waals surface area (Å²) in [7, 11) is 0. The molecule has 1 rings (SSSR count). The summed E-state index contributed by atoms with van der Waals surface area (Å²) in [5.74, 6) is 0.0330. The Morgan fingerprint density at radius 1 is 1.27 bits per heavy atom. The van der Waals surface area contributed by atoms with Gasteiger partial charge in [-0.3, -0.25) is 10.1 Å². The number of nitrogens with zero attached hydrogens (tertiary/aromatic N) is 1. The molecule has 0 spiro atoms. The molecular formula is C6H6NNaO3. The van der Waals surface area contributed by atoms with E-state index in [1.54, 1.807) is 0 Å². The minimum absolute atomic E-state index is 0. The maximum absolute atomic E-state index is 10.0. The van der Waals surface area contributed by atoms with Crippen molar-refractivity contribution in [2.24, 2.45) is 0 Å². The molecule has 4 nitrogen and oxygen atoms in total. The van der Waals surface area contributed by atoms with Gasteiger partial charge in [0, 0.05) is 12.1 Å². The van der Waals surface area contributed by atoms with Crippen molar-refractivity contribution in [3.63, 3.8) is 0 Å². The molecule has 5 heteroatoms. The zero-order valence-corrected chi connectivity index (χ0v) is 5.02. The number of non-ortho nitro benzene ring substituents is 1. The van der Waals surface area contributed by atoms with Crippen LogP contribution in [0.15, 0.2) is 24.3 Å². The maximum atomic E-state index is 10.0. The fraction of sp³-hybridized carbons (Fsp3) is 0. The molecule has 0 saturated heterocycles. The predicted octanol–water partition coefficient (Wildman–Crippen LogP) is 0.652. The zero-order chi connectivity index (χ0) is 7.56. The Hall–Kier alpha value is -0.580. The first kappa shape index (κ1) is 10.4. The summed E-state index contributed by atoms with van der Waals surface area (Å²) in [5, 5.41) is 18.8. The SMILES string of the molecule is O=[N+]([O-])c1ccc(O)cc1.[NaH]. The van der Waals surface area contributed by atoms with Gasteiger partial charge < -0.3 is 5.11 Å². The van der Waals surface area contributed by atoms with Crippen LogP contribution in [0.5, 0.6) is 5.75 Å². The second-order valence-corrected chi connectivity index (χ2v) is 1.77. The zero-order valence-electron chi connectivity index (χ0n) is 5.02. The molecule has 0 saturated carbocycles. The van der Waals surface area contributed by atoms with E-state index in [1.165, 1.54) is 24.3 Å². The number of hydrogen-bond donors (Lipinski definition) is 1. The Morgan fingerprint density at radius 2 is 1.73 bits per heavy atom. The van der Waals surface area contributed by atoms with Crippen molar-refractivity contribution in [2.45, 2.75) is 0 Å². The molecule has 0 heterocycles. The van der Waals surface area contributed by atoms with Gasteiger partial charge in [-0.15, -0.1) is 0 Å². The molecule has 1 aromatic rings. The van der Waals surface area contributed by atoms with Gasteiger partial charge >= 0.3 is 29.6 Å². The summed E-state index contributed by atoms with van der Waals surface area (Å²) in [6, 6.07) is 5.04. The van der Waals surface area contributed by atoms with Crippen molar-refractivity contribution in [1.82, 2.24) is 0 Å². The number of rotatable bonds is 1. The number of nitro groups is 1. The van der Waals surface area contributed by atoms with Gasteiger partial charge in [0.25, 0.3) is 5.69 Å². The fourth-order valence-electron chi connectivity index (χ4n) is 0.574. The van der Waals surface area contributed by atoms with Crippen LogP contribution in [0.1, 0.15) is 0 Å². The average Bonchev–Trinajstić information content (AvgIpc) is 1.88. The van der Waals surface area contributed by atoms with Crippen LogP contribution >= 0.6 is 0 Å². The number of phenolic OH excluding ortho intramolecular Hbond substituents is 1. The molecule has 1 aromatic carbocycles. The van der Waals surface area contributed by atoms with E-state index in [9.17, 15) is 10.1 Å². The van der Waals surface area contributed by atoms with Crippen molar-refractivity contribution in [3.8, 4) is 5.75 Å². The molecule has 0 amide bonds. The first-order chi connectivity index (χ1) is 4.70. The summed E-state index contributed by atoms with van der Waals surface area (Å²) in [4.78, 5) is 9.52. The molecule has 11 heavy (non-hydrogen) atoms. The summed E-state index contributed by atoms with van der Waals surface area (Å²) >= 11 is 0. The molecule has 0 aliphatic heterocycles. The quantitative estimate of drug-likeness (QED) is 0.375. The molecule has 1 N–H and O–H groups in total. The average molecular weight is 163 g/mol. The van der Waals surface area contributed by atoms with E-state index in [1.807, 2.05) is 0 Å². The van der Waals surface area contributed by atoms with Crippen LogP contribution in [-0.4, -0.2) is 39.6 Å². The first-order valence-electron chi connectivity index (χ1n) is 2.63. The van der Waals surface area contributed by atoms with Gasteiger partial charge in [-0.05, 0) is 12.1 Å². The van der Waals surface area contributed by atoms with Crippen molar-refractivity contribution in [3.05, 3.63) is 34.4 Å². The summed E-state index contributed by atoms with van der Waals surface area (Å²) in [5.41, 5.74) is -0.0159. The Bertz CT molecular complexity index is 247. The van der Waals surface area contributed by atoms with Gasteiger partial charge in [-0.25, -0.2) is 0 Å². The Balaban J connectivity index is 0.000001000. The van der Waals surface area contributed by atoms with Crippen molar-refractivity contribution < 1.29 is 10.0 Å². The normalized spacial score (nSPS) is 8.36. The van der Waals surface area contributed by atoms with Crippen LogP contribution in [0.2, 0.25) is 0 Å². The number of nitro benzene ring substituents is 1. The first-order valence-corrected chi connectivity index (χ1v) is 2.63. The molecule has 0 aliphatic carbocycles. The minimum atomic E-state index is -0.514. The topological polar surface area (TPSA) is 63.4 Å². The van der Waals surface area contributed by atoms with Crippen LogP contribution in [0.4, 0.5) is 5.69 Å². The Labute approximate surface area is 85.3 Å². The summed E-state index contributed by atoms with van der Waals surface area (Å²) < 4.78 is 0. The summed E-state index contributed by atoms with van der Waals surface area (Å²) in [6.45, 7) is 0.